The molecule has 0 aliphatic carbocycles. The second kappa shape index (κ2) is 5.87. The van der Waals surface area contributed by atoms with Gasteiger partial charge in [0, 0.05) is 0 Å². The standard InChI is InChI=1S/C15H23N3O3/c1-6-8(2)12-15(20)18(10(4)13(19)17-12)11(5)14-16-7-9(3)21-14/h7-8,10-12H,6H2,1-5H3,(H,17,19). The van der Waals surface area contributed by atoms with Gasteiger partial charge in [-0.1, -0.05) is 20.3 Å². The molecule has 4 unspecified atom stereocenters. The molecule has 4 atom stereocenters. The lowest BCUT2D eigenvalue weighted by Gasteiger charge is -2.41. The largest absolute Gasteiger partial charge is 0.444 e. The van der Waals surface area contributed by atoms with Gasteiger partial charge in [0.15, 0.2) is 0 Å². The van der Waals surface area contributed by atoms with E-state index in [0.29, 0.717) is 11.7 Å². The molecule has 0 saturated carbocycles. The second-order valence-corrected chi connectivity index (χ2v) is 5.78. The monoisotopic (exact) mass is 293 g/mol. The van der Waals surface area contributed by atoms with Gasteiger partial charge in [-0.15, -0.1) is 0 Å². The lowest BCUT2D eigenvalue weighted by atomic mass is 9.93. The van der Waals surface area contributed by atoms with Gasteiger partial charge in [0.1, 0.15) is 23.9 Å². The highest BCUT2D eigenvalue weighted by Gasteiger charge is 2.43. The number of hydrogen-bond donors (Lipinski definition) is 1. The van der Waals surface area contributed by atoms with Crippen molar-refractivity contribution < 1.29 is 14.0 Å². The van der Waals surface area contributed by atoms with Gasteiger partial charge >= 0.3 is 0 Å². The molecule has 1 fully saturated rings. The SMILES string of the molecule is CCC(C)C1NC(=O)C(C)N(C(C)c2ncc(C)o2)C1=O. The summed E-state index contributed by atoms with van der Waals surface area (Å²) in [5.41, 5.74) is 0. The zero-order chi connectivity index (χ0) is 15.7. The number of oxazole rings is 1. The summed E-state index contributed by atoms with van der Waals surface area (Å²) < 4.78 is 5.52. The van der Waals surface area contributed by atoms with Gasteiger partial charge in [0.2, 0.25) is 17.7 Å². The minimum atomic E-state index is -0.528. The summed E-state index contributed by atoms with van der Waals surface area (Å²) in [4.78, 5) is 30.7. The molecule has 1 saturated heterocycles. The molecular weight excluding hydrogens is 270 g/mol. The van der Waals surface area contributed by atoms with Gasteiger partial charge in [-0.25, -0.2) is 4.98 Å². The van der Waals surface area contributed by atoms with Crippen LogP contribution in [-0.2, 0) is 9.59 Å². The molecule has 1 N–H and O–H groups in total. The maximum absolute atomic E-state index is 12.7. The summed E-state index contributed by atoms with van der Waals surface area (Å²) in [5, 5.41) is 2.83. The molecule has 6 nitrogen and oxygen atoms in total. The fourth-order valence-electron chi connectivity index (χ4n) is 2.65. The van der Waals surface area contributed by atoms with E-state index in [4.69, 9.17) is 4.42 Å². The van der Waals surface area contributed by atoms with Crippen LogP contribution in [0.1, 0.15) is 51.8 Å². The van der Waals surface area contributed by atoms with E-state index >= 15 is 0 Å². The first-order chi connectivity index (χ1) is 9.86. The Kier molecular flexibility index (Phi) is 4.34. The summed E-state index contributed by atoms with van der Waals surface area (Å²) in [6, 6.07) is -1.36. The number of aryl methyl sites for hydroxylation is 1. The van der Waals surface area contributed by atoms with Crippen LogP contribution in [0.5, 0.6) is 0 Å². The maximum Gasteiger partial charge on any atom is 0.246 e. The summed E-state index contributed by atoms with van der Waals surface area (Å²) in [7, 11) is 0. The number of amides is 2. The van der Waals surface area contributed by atoms with Crippen molar-refractivity contribution in [3.05, 3.63) is 17.8 Å². The van der Waals surface area contributed by atoms with Crippen LogP contribution in [-0.4, -0.2) is 33.8 Å². The molecule has 1 aromatic rings. The Bertz CT molecular complexity index is 540. The first kappa shape index (κ1) is 15.5. The molecule has 0 bridgehead atoms. The molecule has 21 heavy (non-hydrogen) atoms. The average Bonchev–Trinajstić information content (AvgIpc) is 2.88. The lowest BCUT2D eigenvalue weighted by molar-refractivity contribution is -0.153. The van der Waals surface area contributed by atoms with Crippen molar-refractivity contribution in [3.8, 4) is 0 Å². The van der Waals surface area contributed by atoms with Crippen LogP contribution in [0.2, 0.25) is 0 Å². The first-order valence-corrected chi connectivity index (χ1v) is 7.41. The van der Waals surface area contributed by atoms with Crippen LogP contribution < -0.4 is 5.32 Å². The quantitative estimate of drug-likeness (QED) is 0.918. The average molecular weight is 293 g/mol. The Hall–Kier alpha value is -1.85. The third kappa shape index (κ3) is 2.80. The first-order valence-electron chi connectivity index (χ1n) is 7.41. The fourth-order valence-corrected chi connectivity index (χ4v) is 2.65. The van der Waals surface area contributed by atoms with Crippen LogP contribution in [0, 0.1) is 12.8 Å². The van der Waals surface area contributed by atoms with Crippen LogP contribution in [0.15, 0.2) is 10.6 Å². The number of nitrogens with zero attached hydrogens (tertiary/aromatic N) is 2. The highest BCUT2D eigenvalue weighted by atomic mass is 16.4. The molecule has 0 spiro atoms. The summed E-state index contributed by atoms with van der Waals surface area (Å²) in [6.07, 6.45) is 2.45. The normalized spacial score (nSPS) is 25.7. The van der Waals surface area contributed by atoms with E-state index in [-0.39, 0.29) is 23.8 Å². The maximum atomic E-state index is 12.7. The van der Waals surface area contributed by atoms with Crippen LogP contribution >= 0.6 is 0 Å². The third-order valence-electron chi connectivity index (χ3n) is 4.24. The van der Waals surface area contributed by atoms with Gasteiger partial charge in [-0.2, -0.15) is 0 Å². The van der Waals surface area contributed by atoms with Gasteiger partial charge < -0.3 is 14.6 Å². The van der Waals surface area contributed by atoms with E-state index in [0.717, 1.165) is 6.42 Å². The topological polar surface area (TPSA) is 75.4 Å². The predicted octanol–water partition coefficient (Wildman–Crippen LogP) is 1.81. The Morgan fingerprint density at radius 1 is 1.43 bits per heavy atom. The molecule has 1 aliphatic heterocycles. The highest BCUT2D eigenvalue weighted by molar-refractivity contribution is 5.97. The minimum absolute atomic E-state index is 0.0696. The molecule has 2 amide bonds. The predicted molar refractivity (Wildman–Crippen MR) is 77.3 cm³/mol. The molecule has 1 aliphatic rings. The van der Waals surface area contributed by atoms with E-state index in [1.807, 2.05) is 20.8 Å². The van der Waals surface area contributed by atoms with Gasteiger partial charge in [-0.05, 0) is 26.7 Å². The van der Waals surface area contributed by atoms with Gasteiger partial charge in [-0.3, -0.25) is 9.59 Å². The van der Waals surface area contributed by atoms with Crippen molar-refractivity contribution in [2.24, 2.45) is 5.92 Å². The summed E-state index contributed by atoms with van der Waals surface area (Å²) >= 11 is 0. The minimum Gasteiger partial charge on any atom is -0.444 e. The Morgan fingerprint density at radius 3 is 2.62 bits per heavy atom. The van der Waals surface area contributed by atoms with Gasteiger partial charge in [0.25, 0.3) is 0 Å². The summed E-state index contributed by atoms with van der Waals surface area (Å²) in [6.45, 7) is 9.35. The molecule has 116 valence electrons. The van der Waals surface area contributed by atoms with Gasteiger partial charge in [0.05, 0.1) is 6.20 Å². The second-order valence-electron chi connectivity index (χ2n) is 5.78. The molecule has 2 rings (SSSR count). The Labute approximate surface area is 124 Å². The zero-order valence-electron chi connectivity index (χ0n) is 13.2. The molecule has 2 heterocycles. The number of nitrogens with one attached hydrogen (secondary N) is 1. The molecule has 1 aromatic heterocycles. The van der Waals surface area contributed by atoms with Crippen molar-refractivity contribution >= 4 is 11.8 Å². The number of aromatic nitrogens is 1. The third-order valence-corrected chi connectivity index (χ3v) is 4.24. The molecule has 6 heteroatoms. The van der Waals surface area contributed by atoms with Crippen molar-refractivity contribution in [1.29, 1.82) is 0 Å². The molecule has 0 radical (unpaired) electrons. The Balaban J connectivity index is 2.30. The van der Waals surface area contributed by atoms with Crippen LogP contribution in [0.4, 0.5) is 0 Å². The number of rotatable bonds is 4. The lowest BCUT2D eigenvalue weighted by Crippen LogP contribution is -2.64. The van der Waals surface area contributed by atoms with E-state index in [9.17, 15) is 9.59 Å². The van der Waals surface area contributed by atoms with E-state index in [1.54, 1.807) is 24.9 Å². The number of hydrogen-bond acceptors (Lipinski definition) is 4. The zero-order valence-corrected chi connectivity index (χ0v) is 13.2. The summed E-state index contributed by atoms with van der Waals surface area (Å²) in [5.74, 6) is 1.05. The molecular formula is C15H23N3O3. The van der Waals surface area contributed by atoms with E-state index < -0.39 is 12.1 Å². The fraction of sp³-hybridized carbons (Fsp3) is 0.667. The Morgan fingerprint density at radius 2 is 2.10 bits per heavy atom. The van der Waals surface area contributed by atoms with E-state index in [1.165, 1.54) is 0 Å². The van der Waals surface area contributed by atoms with Crippen molar-refractivity contribution in [1.82, 2.24) is 15.2 Å². The number of carbonyl (C=O) groups is 2. The number of piperazine rings is 1. The van der Waals surface area contributed by atoms with E-state index in [2.05, 4.69) is 10.3 Å². The number of carbonyl (C=O) groups excluding carboxylic acids is 2. The van der Waals surface area contributed by atoms with Crippen LogP contribution in [0.25, 0.3) is 0 Å². The smallest absolute Gasteiger partial charge is 0.246 e. The van der Waals surface area contributed by atoms with Crippen molar-refractivity contribution in [2.45, 2.75) is 59.2 Å². The van der Waals surface area contributed by atoms with Crippen molar-refractivity contribution in [2.75, 3.05) is 0 Å². The van der Waals surface area contributed by atoms with Crippen LogP contribution in [0.3, 0.4) is 0 Å². The highest BCUT2D eigenvalue weighted by Crippen LogP contribution is 2.27. The van der Waals surface area contributed by atoms with Crippen molar-refractivity contribution in [3.63, 3.8) is 0 Å². The molecule has 0 aromatic carbocycles.